The van der Waals surface area contributed by atoms with Crippen LogP contribution in [0.1, 0.15) is 19.8 Å². The van der Waals surface area contributed by atoms with Crippen molar-refractivity contribution in [3.05, 3.63) is 12.2 Å². The summed E-state index contributed by atoms with van der Waals surface area (Å²) in [6.07, 6.45) is 2.41. The second-order valence-electron chi connectivity index (χ2n) is 2.82. The molecule has 0 spiro atoms. The topological polar surface area (TPSA) is 3.24 Å². The van der Waals surface area contributed by atoms with E-state index in [-0.39, 0.29) is 6.67 Å². The maximum absolute atomic E-state index is 10.3. The lowest BCUT2D eigenvalue weighted by Crippen LogP contribution is -2.25. The van der Waals surface area contributed by atoms with Crippen molar-refractivity contribution in [3.8, 4) is 0 Å². The first-order valence-electron chi connectivity index (χ1n) is 4.11. The highest BCUT2D eigenvalue weighted by atomic mass is 19.1. The molecule has 0 unspecified atom stereocenters. The van der Waals surface area contributed by atoms with Crippen LogP contribution >= 0.6 is 0 Å². The Morgan fingerprint density at radius 2 is 1.82 bits per heavy atom. The number of hydrogen-bond donors (Lipinski definition) is 0. The summed E-state index contributed by atoms with van der Waals surface area (Å²) < 4.78 is 10.3. The molecule has 1 fully saturated rings. The SMILES string of the molecule is C=C1CCN(C)CC1.CCF. The highest BCUT2D eigenvalue weighted by Gasteiger charge is 2.06. The van der Waals surface area contributed by atoms with Gasteiger partial charge in [-0.1, -0.05) is 12.2 Å². The van der Waals surface area contributed by atoms with Crippen LogP contribution in [0.25, 0.3) is 0 Å². The third-order valence-electron chi connectivity index (χ3n) is 1.69. The highest BCUT2D eigenvalue weighted by molar-refractivity contribution is 4.98. The molecule has 1 aliphatic heterocycles. The predicted molar refractivity (Wildman–Crippen MR) is 47.5 cm³/mol. The summed E-state index contributed by atoms with van der Waals surface area (Å²) in [6, 6.07) is 0. The normalized spacial score (nSPS) is 19.0. The third kappa shape index (κ3) is 6.05. The van der Waals surface area contributed by atoms with Gasteiger partial charge in [0.05, 0.1) is 6.67 Å². The first kappa shape index (κ1) is 10.6. The molecule has 1 aliphatic rings. The minimum atomic E-state index is -0.250. The fraction of sp³-hybridized carbons (Fsp3) is 0.778. The summed E-state index contributed by atoms with van der Waals surface area (Å²) in [5, 5.41) is 0. The molecule has 0 aromatic heterocycles. The average Bonchev–Trinajstić information content (AvgIpc) is 1.97. The fourth-order valence-corrected chi connectivity index (χ4v) is 0.935. The van der Waals surface area contributed by atoms with E-state index in [0.717, 1.165) is 0 Å². The maximum atomic E-state index is 10.3. The van der Waals surface area contributed by atoms with Crippen molar-refractivity contribution in [1.29, 1.82) is 0 Å². The summed E-state index contributed by atoms with van der Waals surface area (Å²) in [4.78, 5) is 2.34. The van der Waals surface area contributed by atoms with Crippen LogP contribution in [0.4, 0.5) is 4.39 Å². The first-order chi connectivity index (χ1) is 5.20. The van der Waals surface area contributed by atoms with Gasteiger partial charge in [-0.05, 0) is 26.8 Å². The van der Waals surface area contributed by atoms with E-state index in [1.54, 1.807) is 0 Å². The van der Waals surface area contributed by atoms with Gasteiger partial charge in [0.15, 0.2) is 0 Å². The quantitative estimate of drug-likeness (QED) is 0.490. The van der Waals surface area contributed by atoms with Crippen LogP contribution in [0.5, 0.6) is 0 Å². The van der Waals surface area contributed by atoms with Crippen molar-refractivity contribution in [3.63, 3.8) is 0 Å². The second kappa shape index (κ2) is 6.35. The number of nitrogens with zero attached hydrogens (tertiary/aromatic N) is 1. The number of rotatable bonds is 0. The molecule has 0 aromatic rings. The van der Waals surface area contributed by atoms with Crippen LogP contribution < -0.4 is 0 Å². The van der Waals surface area contributed by atoms with Gasteiger partial charge < -0.3 is 4.90 Å². The molecular formula is C9H18FN. The Balaban J connectivity index is 0.000000292. The lowest BCUT2D eigenvalue weighted by Gasteiger charge is -2.22. The summed E-state index contributed by atoms with van der Waals surface area (Å²) in [6.45, 7) is 7.54. The van der Waals surface area contributed by atoms with Gasteiger partial charge >= 0.3 is 0 Å². The van der Waals surface area contributed by atoms with E-state index in [2.05, 4.69) is 18.5 Å². The molecule has 0 aromatic carbocycles. The van der Waals surface area contributed by atoms with Crippen molar-refractivity contribution >= 4 is 0 Å². The third-order valence-corrected chi connectivity index (χ3v) is 1.69. The van der Waals surface area contributed by atoms with Crippen LogP contribution in [0.15, 0.2) is 12.2 Å². The Kier molecular flexibility index (Phi) is 6.13. The summed E-state index contributed by atoms with van der Waals surface area (Å²) in [5.74, 6) is 0. The molecule has 66 valence electrons. The lowest BCUT2D eigenvalue weighted by atomic mass is 10.1. The minimum Gasteiger partial charge on any atom is -0.306 e. The van der Waals surface area contributed by atoms with Crippen molar-refractivity contribution in [2.45, 2.75) is 19.8 Å². The lowest BCUT2D eigenvalue weighted by molar-refractivity contribution is 0.313. The molecular weight excluding hydrogens is 141 g/mol. The minimum absolute atomic E-state index is 0.250. The Bertz CT molecular complexity index is 102. The molecule has 1 heterocycles. The Labute approximate surface area is 68.9 Å². The van der Waals surface area contributed by atoms with E-state index in [9.17, 15) is 4.39 Å². The van der Waals surface area contributed by atoms with Crippen molar-refractivity contribution in [1.82, 2.24) is 4.90 Å². The molecule has 0 aliphatic carbocycles. The van der Waals surface area contributed by atoms with Gasteiger partial charge in [0.1, 0.15) is 0 Å². The molecule has 2 heteroatoms. The molecule has 0 saturated carbocycles. The summed E-state index contributed by atoms with van der Waals surface area (Å²) in [7, 11) is 2.16. The number of halogens is 1. The number of likely N-dealkylation sites (tertiary alicyclic amines) is 1. The van der Waals surface area contributed by atoms with E-state index in [1.807, 2.05) is 0 Å². The Morgan fingerprint density at radius 3 is 2.09 bits per heavy atom. The van der Waals surface area contributed by atoms with Gasteiger partial charge in [-0.3, -0.25) is 4.39 Å². The van der Waals surface area contributed by atoms with E-state index in [1.165, 1.54) is 38.4 Å². The molecule has 0 N–H and O–H groups in total. The zero-order chi connectivity index (χ0) is 8.69. The molecule has 1 rings (SSSR count). The first-order valence-corrected chi connectivity index (χ1v) is 4.11. The van der Waals surface area contributed by atoms with Crippen LogP contribution in [0, 0.1) is 0 Å². The van der Waals surface area contributed by atoms with Gasteiger partial charge in [-0.2, -0.15) is 0 Å². The zero-order valence-corrected chi connectivity index (χ0v) is 7.57. The molecule has 0 radical (unpaired) electrons. The summed E-state index contributed by atoms with van der Waals surface area (Å²) in [5.41, 5.74) is 1.42. The van der Waals surface area contributed by atoms with Crippen LogP contribution in [0.2, 0.25) is 0 Å². The van der Waals surface area contributed by atoms with Crippen LogP contribution in [-0.4, -0.2) is 31.7 Å². The standard InChI is InChI=1S/C7H13N.C2H5F/c1-7-3-5-8(2)6-4-7;1-2-3/h1,3-6H2,2H3;2H2,1H3. The van der Waals surface area contributed by atoms with Crippen LogP contribution in [0.3, 0.4) is 0 Å². The molecule has 1 nitrogen and oxygen atoms in total. The molecule has 0 amide bonds. The van der Waals surface area contributed by atoms with Crippen molar-refractivity contribution in [2.75, 3.05) is 26.8 Å². The van der Waals surface area contributed by atoms with E-state index < -0.39 is 0 Å². The number of hydrogen-bond acceptors (Lipinski definition) is 1. The van der Waals surface area contributed by atoms with Gasteiger partial charge in [-0.25, -0.2) is 0 Å². The number of alkyl halides is 1. The van der Waals surface area contributed by atoms with Crippen molar-refractivity contribution < 1.29 is 4.39 Å². The fourth-order valence-electron chi connectivity index (χ4n) is 0.935. The molecule has 11 heavy (non-hydrogen) atoms. The summed E-state index contributed by atoms with van der Waals surface area (Å²) >= 11 is 0. The van der Waals surface area contributed by atoms with E-state index in [4.69, 9.17) is 0 Å². The Morgan fingerprint density at radius 1 is 1.45 bits per heavy atom. The number of piperidine rings is 1. The van der Waals surface area contributed by atoms with Gasteiger partial charge in [0.25, 0.3) is 0 Å². The second-order valence-corrected chi connectivity index (χ2v) is 2.82. The molecule has 0 bridgehead atoms. The molecule has 1 saturated heterocycles. The van der Waals surface area contributed by atoms with E-state index >= 15 is 0 Å². The van der Waals surface area contributed by atoms with Crippen LogP contribution in [-0.2, 0) is 0 Å². The predicted octanol–water partition coefficient (Wildman–Crippen LogP) is 2.24. The monoisotopic (exact) mass is 159 g/mol. The maximum Gasteiger partial charge on any atom is 0.0866 e. The largest absolute Gasteiger partial charge is 0.306 e. The van der Waals surface area contributed by atoms with Gasteiger partial charge in [0, 0.05) is 13.1 Å². The smallest absolute Gasteiger partial charge is 0.0866 e. The zero-order valence-electron chi connectivity index (χ0n) is 7.57. The van der Waals surface area contributed by atoms with Gasteiger partial charge in [0.2, 0.25) is 0 Å². The molecule has 0 atom stereocenters. The Hall–Kier alpha value is -0.370. The van der Waals surface area contributed by atoms with E-state index in [0.29, 0.717) is 0 Å². The van der Waals surface area contributed by atoms with Crippen molar-refractivity contribution in [2.24, 2.45) is 0 Å². The average molecular weight is 159 g/mol. The highest BCUT2D eigenvalue weighted by Crippen LogP contribution is 2.10. The van der Waals surface area contributed by atoms with Gasteiger partial charge in [-0.15, -0.1) is 0 Å².